The third-order valence-electron chi connectivity index (χ3n) is 6.11. The van der Waals surface area contributed by atoms with Gasteiger partial charge in [-0.25, -0.2) is 4.98 Å². The van der Waals surface area contributed by atoms with Crippen LogP contribution in [0.1, 0.15) is 30.4 Å². The Morgan fingerprint density at radius 1 is 1.18 bits per heavy atom. The summed E-state index contributed by atoms with van der Waals surface area (Å²) in [6, 6.07) is 18.1. The molecule has 1 aromatic heterocycles. The number of benzene rings is 2. The van der Waals surface area contributed by atoms with E-state index in [4.69, 9.17) is 13.9 Å². The number of nitrogens with zero attached hydrogens (tertiary/aromatic N) is 1. The van der Waals surface area contributed by atoms with Gasteiger partial charge in [-0.05, 0) is 75.5 Å². The molecule has 1 fully saturated rings. The van der Waals surface area contributed by atoms with Crippen molar-refractivity contribution in [3.05, 3.63) is 71.6 Å². The molecule has 1 aliphatic heterocycles. The lowest BCUT2D eigenvalue weighted by Crippen LogP contribution is -2.41. The summed E-state index contributed by atoms with van der Waals surface area (Å²) in [5, 5.41) is 3.41. The van der Waals surface area contributed by atoms with E-state index in [9.17, 15) is 4.79 Å². The number of hydrogen-bond acceptors (Lipinski definition) is 6. The molecule has 2 aromatic carbocycles. The minimum absolute atomic E-state index is 0. The first-order valence-electron chi connectivity index (χ1n) is 11.7. The van der Waals surface area contributed by atoms with Gasteiger partial charge in [-0.1, -0.05) is 30.3 Å². The van der Waals surface area contributed by atoms with Crippen LogP contribution in [0.15, 0.2) is 59.0 Å². The van der Waals surface area contributed by atoms with Gasteiger partial charge in [0, 0.05) is 12.0 Å². The Morgan fingerprint density at radius 2 is 2.00 bits per heavy atom. The summed E-state index contributed by atoms with van der Waals surface area (Å²) in [4.78, 5) is 17.0. The Bertz CT molecular complexity index is 1050. The fraction of sp³-hybridized carbons (Fsp3) is 0.407. The highest BCUT2D eigenvalue weighted by molar-refractivity contribution is 5.85. The lowest BCUT2D eigenvalue weighted by atomic mass is 9.82. The summed E-state index contributed by atoms with van der Waals surface area (Å²) >= 11 is 0. The maximum Gasteiger partial charge on any atom is 0.309 e. The van der Waals surface area contributed by atoms with E-state index in [1.807, 2.05) is 56.3 Å². The van der Waals surface area contributed by atoms with Crippen molar-refractivity contribution >= 4 is 18.4 Å². The van der Waals surface area contributed by atoms with Crippen LogP contribution in [-0.4, -0.2) is 37.3 Å². The van der Waals surface area contributed by atoms with Crippen molar-refractivity contribution in [3.8, 4) is 17.2 Å². The van der Waals surface area contributed by atoms with Gasteiger partial charge >= 0.3 is 5.97 Å². The molecule has 2 heterocycles. The highest BCUT2D eigenvalue weighted by Gasteiger charge is 2.32. The highest BCUT2D eigenvalue weighted by atomic mass is 35.5. The molecule has 0 bridgehead atoms. The van der Waals surface area contributed by atoms with E-state index in [1.54, 1.807) is 0 Å². The van der Waals surface area contributed by atoms with Gasteiger partial charge in [0.1, 0.15) is 11.5 Å². The Hall–Kier alpha value is -2.83. The molecule has 182 valence electrons. The van der Waals surface area contributed by atoms with Crippen molar-refractivity contribution in [1.29, 1.82) is 0 Å². The van der Waals surface area contributed by atoms with Gasteiger partial charge in [0.2, 0.25) is 5.89 Å². The summed E-state index contributed by atoms with van der Waals surface area (Å²) < 4.78 is 17.2. The number of aromatic nitrogens is 1. The van der Waals surface area contributed by atoms with E-state index in [2.05, 4.69) is 22.4 Å². The second-order valence-corrected chi connectivity index (χ2v) is 8.45. The van der Waals surface area contributed by atoms with Crippen molar-refractivity contribution in [3.63, 3.8) is 0 Å². The zero-order valence-electron chi connectivity index (χ0n) is 19.8. The van der Waals surface area contributed by atoms with Crippen molar-refractivity contribution in [2.75, 3.05) is 26.3 Å². The van der Waals surface area contributed by atoms with E-state index >= 15 is 0 Å². The molecular formula is C27H33ClN2O4. The molecule has 0 aliphatic carbocycles. The fourth-order valence-corrected chi connectivity index (χ4v) is 4.39. The molecule has 0 saturated carbocycles. The second kappa shape index (κ2) is 12.6. The first kappa shape index (κ1) is 25.8. The van der Waals surface area contributed by atoms with Crippen LogP contribution in [-0.2, 0) is 22.4 Å². The van der Waals surface area contributed by atoms with Crippen molar-refractivity contribution < 1.29 is 18.7 Å². The minimum atomic E-state index is -0.0748. The Morgan fingerprint density at radius 3 is 2.79 bits per heavy atom. The van der Waals surface area contributed by atoms with Crippen LogP contribution in [0, 0.1) is 18.8 Å². The Balaban J connectivity index is 0.00000324. The van der Waals surface area contributed by atoms with Crippen LogP contribution in [0.4, 0.5) is 0 Å². The van der Waals surface area contributed by atoms with Crippen LogP contribution in [0.3, 0.4) is 0 Å². The summed E-state index contributed by atoms with van der Waals surface area (Å²) in [5.74, 6) is 2.39. The number of ether oxygens (including phenoxy) is 2. The molecule has 6 nitrogen and oxygen atoms in total. The topological polar surface area (TPSA) is 73.6 Å². The van der Waals surface area contributed by atoms with Crippen LogP contribution in [0.25, 0.3) is 11.5 Å². The first-order valence-corrected chi connectivity index (χ1v) is 11.7. The van der Waals surface area contributed by atoms with Crippen LogP contribution in [0.5, 0.6) is 5.75 Å². The molecule has 1 unspecified atom stereocenters. The number of rotatable bonds is 9. The van der Waals surface area contributed by atoms with E-state index in [-0.39, 0.29) is 30.2 Å². The normalized spacial score (nSPS) is 17.6. The number of carbonyl (C=O) groups is 1. The first-order chi connectivity index (χ1) is 16.1. The zero-order valence-corrected chi connectivity index (χ0v) is 20.6. The summed E-state index contributed by atoms with van der Waals surface area (Å²) in [6.45, 7) is 6.42. The molecule has 4 rings (SSSR count). The smallest absolute Gasteiger partial charge is 0.309 e. The van der Waals surface area contributed by atoms with Gasteiger partial charge in [-0.15, -0.1) is 12.4 Å². The Labute approximate surface area is 207 Å². The molecule has 3 aromatic rings. The standard InChI is InChI=1S/C27H32N2O4.ClH/c1-3-31-27(30)24-12-14-28-18-22(24)16-20-8-7-11-23(17-20)32-15-13-25-19(2)33-26(29-25)21-9-5-4-6-10-21;/h4-11,17,22,24,28H,3,12-16,18H2,1-2H3;1H/t22?,24-;/m0./s1. The number of esters is 1. The van der Waals surface area contributed by atoms with E-state index in [0.717, 1.165) is 48.7 Å². The van der Waals surface area contributed by atoms with E-state index in [1.165, 1.54) is 5.56 Å². The largest absolute Gasteiger partial charge is 0.493 e. The lowest BCUT2D eigenvalue weighted by Gasteiger charge is -2.30. The fourth-order valence-electron chi connectivity index (χ4n) is 4.39. The number of halogens is 1. The van der Waals surface area contributed by atoms with Crippen molar-refractivity contribution in [1.82, 2.24) is 10.3 Å². The average molecular weight is 485 g/mol. The number of piperidine rings is 1. The summed E-state index contributed by atoms with van der Waals surface area (Å²) in [7, 11) is 0. The third kappa shape index (κ3) is 6.61. The predicted molar refractivity (Wildman–Crippen MR) is 134 cm³/mol. The highest BCUT2D eigenvalue weighted by Crippen LogP contribution is 2.26. The molecule has 34 heavy (non-hydrogen) atoms. The van der Waals surface area contributed by atoms with Crippen molar-refractivity contribution in [2.24, 2.45) is 11.8 Å². The SMILES string of the molecule is CCOC(=O)[C@H]1CCNCC1Cc1cccc(OCCc2nc(-c3ccccc3)oc2C)c1.Cl. The van der Waals surface area contributed by atoms with Gasteiger partial charge in [-0.3, -0.25) is 4.79 Å². The zero-order chi connectivity index (χ0) is 23.0. The van der Waals surface area contributed by atoms with Crippen LogP contribution >= 0.6 is 12.4 Å². The van der Waals surface area contributed by atoms with E-state index in [0.29, 0.717) is 25.5 Å². The summed E-state index contributed by atoms with van der Waals surface area (Å²) in [5.41, 5.74) is 3.05. The third-order valence-corrected chi connectivity index (χ3v) is 6.11. The maximum absolute atomic E-state index is 12.4. The van der Waals surface area contributed by atoms with E-state index < -0.39 is 0 Å². The maximum atomic E-state index is 12.4. The number of carbonyl (C=O) groups excluding carboxylic acids is 1. The minimum Gasteiger partial charge on any atom is -0.493 e. The Kier molecular flexibility index (Phi) is 9.54. The van der Waals surface area contributed by atoms with Crippen molar-refractivity contribution in [2.45, 2.75) is 33.1 Å². The molecular weight excluding hydrogens is 452 g/mol. The van der Waals surface area contributed by atoms with Gasteiger partial charge < -0.3 is 19.2 Å². The molecule has 1 saturated heterocycles. The van der Waals surface area contributed by atoms with Gasteiger partial charge in [0.05, 0.1) is 24.8 Å². The van der Waals surface area contributed by atoms with Gasteiger partial charge in [0.15, 0.2) is 0 Å². The predicted octanol–water partition coefficient (Wildman–Crippen LogP) is 5.02. The quantitative estimate of drug-likeness (QED) is 0.430. The van der Waals surface area contributed by atoms with Crippen LogP contribution in [0.2, 0.25) is 0 Å². The number of nitrogens with one attached hydrogen (secondary N) is 1. The van der Waals surface area contributed by atoms with Gasteiger partial charge in [-0.2, -0.15) is 0 Å². The number of aryl methyl sites for hydroxylation is 1. The van der Waals surface area contributed by atoms with Crippen LogP contribution < -0.4 is 10.1 Å². The lowest BCUT2D eigenvalue weighted by molar-refractivity contribution is -0.150. The second-order valence-electron chi connectivity index (χ2n) is 8.45. The molecule has 1 N–H and O–H groups in total. The molecule has 0 spiro atoms. The molecule has 0 radical (unpaired) electrons. The molecule has 2 atom stereocenters. The monoisotopic (exact) mass is 484 g/mol. The molecule has 7 heteroatoms. The number of oxazole rings is 1. The molecule has 1 aliphatic rings. The molecule has 0 amide bonds. The van der Waals surface area contributed by atoms with Gasteiger partial charge in [0.25, 0.3) is 0 Å². The average Bonchev–Trinajstić information content (AvgIpc) is 3.21. The number of hydrogen-bond donors (Lipinski definition) is 1. The summed E-state index contributed by atoms with van der Waals surface area (Å²) in [6.07, 6.45) is 2.31.